The zero-order valence-electron chi connectivity index (χ0n) is 19.0. The van der Waals surface area contributed by atoms with Crippen molar-refractivity contribution in [2.24, 2.45) is 5.92 Å². The summed E-state index contributed by atoms with van der Waals surface area (Å²) in [5.41, 5.74) is 3.14. The van der Waals surface area contributed by atoms with Gasteiger partial charge in [0.15, 0.2) is 0 Å². The fraction of sp³-hybridized carbons (Fsp3) is 0.214. The van der Waals surface area contributed by atoms with Crippen LogP contribution >= 0.6 is 0 Å². The number of carbonyl (C=O) groups is 2. The normalized spacial score (nSPS) is 11.0. The summed E-state index contributed by atoms with van der Waals surface area (Å²) in [5, 5.41) is 2.91. The fourth-order valence-corrected chi connectivity index (χ4v) is 3.30. The first kappa shape index (κ1) is 23.9. The lowest BCUT2D eigenvalue weighted by atomic mass is 10.1. The molecule has 5 heteroatoms. The Hall–Kier alpha value is -3.73. The zero-order chi connectivity index (χ0) is 23.6. The molecule has 1 N–H and O–H groups in total. The number of benzene rings is 3. The quantitative estimate of drug-likeness (QED) is 0.450. The third-order valence-electron chi connectivity index (χ3n) is 5.03. The predicted molar refractivity (Wildman–Crippen MR) is 131 cm³/mol. The summed E-state index contributed by atoms with van der Waals surface area (Å²) in [6.45, 7) is 4.96. The molecule has 0 fully saturated rings. The molecule has 0 unspecified atom stereocenters. The number of carbonyl (C=O) groups excluding carboxylic acids is 2. The maximum Gasteiger partial charge on any atom is 0.251 e. The van der Waals surface area contributed by atoms with Gasteiger partial charge in [-0.2, -0.15) is 0 Å². The van der Waals surface area contributed by atoms with Gasteiger partial charge in [-0.3, -0.25) is 9.59 Å². The average molecular weight is 445 g/mol. The van der Waals surface area contributed by atoms with E-state index in [0.29, 0.717) is 23.7 Å². The molecule has 2 amide bonds. The second kappa shape index (κ2) is 11.8. The molecule has 0 atom stereocenters. The van der Waals surface area contributed by atoms with Crippen LogP contribution in [0.4, 0.5) is 10.1 Å². The number of anilines is 1. The Bertz CT molecular complexity index is 1090. The van der Waals surface area contributed by atoms with Gasteiger partial charge in [-0.25, -0.2) is 4.39 Å². The van der Waals surface area contributed by atoms with Crippen molar-refractivity contribution >= 4 is 23.6 Å². The van der Waals surface area contributed by atoms with Crippen LogP contribution in [0.15, 0.2) is 84.9 Å². The van der Waals surface area contributed by atoms with Gasteiger partial charge in [0.05, 0.1) is 13.0 Å². The van der Waals surface area contributed by atoms with Crippen molar-refractivity contribution in [3.63, 3.8) is 0 Å². The van der Waals surface area contributed by atoms with Gasteiger partial charge in [-0.1, -0.05) is 68.4 Å². The summed E-state index contributed by atoms with van der Waals surface area (Å²) in [6.07, 6.45) is 3.55. The van der Waals surface area contributed by atoms with Crippen molar-refractivity contribution in [3.8, 4) is 0 Å². The molecule has 0 aromatic heterocycles. The van der Waals surface area contributed by atoms with E-state index in [4.69, 9.17) is 0 Å². The first-order valence-corrected chi connectivity index (χ1v) is 11.1. The Labute approximate surface area is 194 Å². The standard InChI is InChI=1S/C28H29FN2O2/c1-21(2)19-30-27(32)18-23-11-14-26(15-12-23)31(20-24-9-6-10-25(29)17-24)28(33)16-13-22-7-4-3-5-8-22/h3-17,21H,18-20H2,1-2H3,(H,30,32). The summed E-state index contributed by atoms with van der Waals surface area (Å²) >= 11 is 0. The Kier molecular flexibility index (Phi) is 8.53. The highest BCUT2D eigenvalue weighted by atomic mass is 19.1. The largest absolute Gasteiger partial charge is 0.356 e. The molecule has 0 saturated carbocycles. The minimum atomic E-state index is -0.345. The molecule has 0 spiro atoms. The number of halogens is 1. The lowest BCUT2D eigenvalue weighted by Crippen LogP contribution is -2.29. The molecule has 0 aliphatic carbocycles. The zero-order valence-corrected chi connectivity index (χ0v) is 19.0. The van der Waals surface area contributed by atoms with Crippen LogP contribution in [-0.2, 0) is 22.6 Å². The van der Waals surface area contributed by atoms with Gasteiger partial charge in [0.2, 0.25) is 5.91 Å². The summed E-state index contributed by atoms with van der Waals surface area (Å²) in [6, 6.07) is 23.1. The lowest BCUT2D eigenvalue weighted by Gasteiger charge is -2.22. The van der Waals surface area contributed by atoms with Crippen molar-refractivity contribution in [2.75, 3.05) is 11.4 Å². The molecule has 0 aliphatic rings. The van der Waals surface area contributed by atoms with Crippen molar-refractivity contribution in [3.05, 3.63) is 107 Å². The Balaban J connectivity index is 1.78. The fourth-order valence-electron chi connectivity index (χ4n) is 3.30. The Morgan fingerprint density at radius 3 is 2.33 bits per heavy atom. The van der Waals surface area contributed by atoms with Gasteiger partial charge in [0, 0.05) is 18.3 Å². The maximum atomic E-state index is 13.7. The summed E-state index contributed by atoms with van der Waals surface area (Å²) < 4.78 is 13.7. The van der Waals surface area contributed by atoms with E-state index < -0.39 is 0 Å². The topological polar surface area (TPSA) is 49.4 Å². The number of rotatable bonds is 9. The van der Waals surface area contributed by atoms with E-state index in [2.05, 4.69) is 5.32 Å². The average Bonchev–Trinajstić information content (AvgIpc) is 2.81. The van der Waals surface area contributed by atoms with Crippen LogP contribution in [0, 0.1) is 11.7 Å². The Morgan fingerprint density at radius 2 is 1.67 bits per heavy atom. The third kappa shape index (κ3) is 7.72. The highest BCUT2D eigenvalue weighted by molar-refractivity contribution is 6.03. The molecule has 0 radical (unpaired) electrons. The van der Waals surface area contributed by atoms with Crippen molar-refractivity contribution in [1.29, 1.82) is 0 Å². The van der Waals surface area contributed by atoms with Crippen LogP contribution in [0.2, 0.25) is 0 Å². The molecule has 0 heterocycles. The molecular weight excluding hydrogens is 415 g/mol. The van der Waals surface area contributed by atoms with E-state index in [1.54, 1.807) is 23.1 Å². The van der Waals surface area contributed by atoms with Gasteiger partial charge >= 0.3 is 0 Å². The second-order valence-corrected chi connectivity index (χ2v) is 8.34. The molecule has 170 valence electrons. The van der Waals surface area contributed by atoms with Gasteiger partial charge in [-0.15, -0.1) is 0 Å². The van der Waals surface area contributed by atoms with E-state index in [1.807, 2.05) is 68.4 Å². The number of nitrogens with zero attached hydrogens (tertiary/aromatic N) is 1. The maximum absolute atomic E-state index is 13.7. The number of hydrogen-bond acceptors (Lipinski definition) is 2. The van der Waals surface area contributed by atoms with Crippen molar-refractivity contribution in [2.45, 2.75) is 26.8 Å². The molecule has 0 bridgehead atoms. The molecular formula is C28H29FN2O2. The lowest BCUT2D eigenvalue weighted by molar-refractivity contribution is -0.120. The van der Waals surface area contributed by atoms with Crippen LogP contribution in [0.3, 0.4) is 0 Å². The SMILES string of the molecule is CC(C)CNC(=O)Cc1ccc(N(Cc2cccc(F)c2)C(=O)C=Cc2ccccc2)cc1. The highest BCUT2D eigenvalue weighted by Crippen LogP contribution is 2.20. The monoisotopic (exact) mass is 444 g/mol. The number of hydrogen-bond donors (Lipinski definition) is 1. The summed E-state index contributed by atoms with van der Waals surface area (Å²) in [4.78, 5) is 26.8. The molecule has 3 aromatic rings. The van der Waals surface area contributed by atoms with Crippen LogP contribution in [0.25, 0.3) is 6.08 Å². The smallest absolute Gasteiger partial charge is 0.251 e. The van der Waals surface area contributed by atoms with Crippen molar-refractivity contribution in [1.82, 2.24) is 5.32 Å². The molecule has 3 aromatic carbocycles. The van der Waals surface area contributed by atoms with Gasteiger partial charge < -0.3 is 10.2 Å². The first-order valence-electron chi connectivity index (χ1n) is 11.1. The molecule has 3 rings (SSSR count). The number of amides is 2. The first-order chi connectivity index (χ1) is 15.9. The minimum Gasteiger partial charge on any atom is -0.356 e. The second-order valence-electron chi connectivity index (χ2n) is 8.34. The van der Waals surface area contributed by atoms with Crippen LogP contribution in [0.5, 0.6) is 0 Å². The van der Waals surface area contributed by atoms with Gasteiger partial charge in [-0.05, 0) is 52.9 Å². The third-order valence-corrected chi connectivity index (χ3v) is 5.03. The van der Waals surface area contributed by atoms with E-state index in [1.165, 1.54) is 18.2 Å². The molecule has 0 aliphatic heterocycles. The number of nitrogens with one attached hydrogen (secondary N) is 1. The van der Waals surface area contributed by atoms with E-state index >= 15 is 0 Å². The van der Waals surface area contributed by atoms with Crippen LogP contribution in [0.1, 0.15) is 30.5 Å². The molecule has 4 nitrogen and oxygen atoms in total. The molecule has 0 saturated heterocycles. The van der Waals surface area contributed by atoms with Crippen LogP contribution in [-0.4, -0.2) is 18.4 Å². The van der Waals surface area contributed by atoms with E-state index in [0.717, 1.165) is 11.1 Å². The van der Waals surface area contributed by atoms with E-state index in [-0.39, 0.29) is 30.6 Å². The van der Waals surface area contributed by atoms with Crippen molar-refractivity contribution < 1.29 is 14.0 Å². The predicted octanol–water partition coefficient (Wildman–Crippen LogP) is 5.39. The van der Waals surface area contributed by atoms with Gasteiger partial charge in [0.25, 0.3) is 5.91 Å². The summed E-state index contributed by atoms with van der Waals surface area (Å²) in [5.74, 6) is -0.203. The minimum absolute atomic E-state index is 0.0325. The van der Waals surface area contributed by atoms with E-state index in [9.17, 15) is 14.0 Å². The van der Waals surface area contributed by atoms with Crippen LogP contribution < -0.4 is 10.2 Å². The summed E-state index contributed by atoms with van der Waals surface area (Å²) in [7, 11) is 0. The highest BCUT2D eigenvalue weighted by Gasteiger charge is 2.15. The molecule has 33 heavy (non-hydrogen) atoms. The Morgan fingerprint density at radius 1 is 0.939 bits per heavy atom. The van der Waals surface area contributed by atoms with Gasteiger partial charge in [0.1, 0.15) is 5.82 Å².